The van der Waals surface area contributed by atoms with Crippen LogP contribution < -0.4 is 0 Å². The van der Waals surface area contributed by atoms with Gasteiger partial charge < -0.3 is 9.52 Å². The van der Waals surface area contributed by atoms with Gasteiger partial charge in [0.15, 0.2) is 5.78 Å². The van der Waals surface area contributed by atoms with E-state index >= 15 is 0 Å². The molecule has 0 spiro atoms. The first kappa shape index (κ1) is 28.7. The molecular weight excluding hydrogens is 663 g/mol. The summed E-state index contributed by atoms with van der Waals surface area (Å²) in [5, 5.41) is 11.9. The standard InChI is InChI=1S/C29H26NO.C5H8O2.Ir/c1-16-10-13-22-17(14-16)15-21-26(30-22)18-8-7-9-23-24(18)25-19(29(21,5)6)11-12-20(27(25)31-23)28(2,3)4;1-4(6)3-5(2)7;/h7,9-15H,1-6H3;3,6H,1-2H3;/q-1;;/b;4-3-;. The number of fused-ring (bicyclic) bond motifs is 3. The molecule has 1 aliphatic carbocycles. The zero-order chi connectivity index (χ0) is 27.6. The average Bonchev–Trinajstić information content (AvgIpc) is 3.17. The van der Waals surface area contributed by atoms with Crippen LogP contribution in [0.5, 0.6) is 0 Å². The van der Waals surface area contributed by atoms with E-state index in [4.69, 9.17) is 14.5 Å². The van der Waals surface area contributed by atoms with Gasteiger partial charge >= 0.3 is 0 Å². The Morgan fingerprint density at radius 3 is 2.36 bits per heavy atom. The van der Waals surface area contributed by atoms with Gasteiger partial charge in [-0.3, -0.25) is 9.78 Å². The largest absolute Gasteiger partial charge is 0.512 e. The number of furan rings is 1. The van der Waals surface area contributed by atoms with Gasteiger partial charge in [0, 0.05) is 31.6 Å². The summed E-state index contributed by atoms with van der Waals surface area (Å²) < 4.78 is 6.53. The van der Waals surface area contributed by atoms with E-state index in [-0.39, 0.29) is 42.5 Å². The van der Waals surface area contributed by atoms with Crippen LogP contribution in [0.3, 0.4) is 0 Å². The molecule has 5 heteroatoms. The molecule has 2 heterocycles. The van der Waals surface area contributed by atoms with Gasteiger partial charge in [-0.25, -0.2) is 0 Å². The minimum Gasteiger partial charge on any atom is -0.512 e. The van der Waals surface area contributed by atoms with Crippen molar-refractivity contribution in [2.45, 2.75) is 66.2 Å². The topological polar surface area (TPSA) is 63.3 Å². The van der Waals surface area contributed by atoms with Crippen LogP contribution in [0, 0.1) is 13.0 Å². The van der Waals surface area contributed by atoms with Gasteiger partial charge in [-0.15, -0.1) is 17.7 Å². The Morgan fingerprint density at radius 1 is 1.03 bits per heavy atom. The molecule has 0 fully saturated rings. The Balaban J connectivity index is 0.000000394. The predicted octanol–water partition coefficient (Wildman–Crippen LogP) is 8.88. The summed E-state index contributed by atoms with van der Waals surface area (Å²) in [6.07, 6.45) is 1.17. The van der Waals surface area contributed by atoms with Gasteiger partial charge in [0.05, 0.1) is 16.9 Å². The quantitative estimate of drug-likeness (QED) is 0.108. The van der Waals surface area contributed by atoms with E-state index in [0.29, 0.717) is 0 Å². The zero-order valence-electron chi connectivity index (χ0n) is 23.7. The fourth-order valence-corrected chi connectivity index (χ4v) is 5.56. The number of hydrogen-bond acceptors (Lipinski definition) is 4. The number of nitrogens with zero attached hydrogens (tertiary/aromatic N) is 1. The normalized spacial score (nSPS) is 14.0. The van der Waals surface area contributed by atoms with E-state index in [0.717, 1.165) is 33.3 Å². The summed E-state index contributed by atoms with van der Waals surface area (Å²) in [7, 11) is 0. The molecule has 0 atom stereocenters. The molecule has 0 unspecified atom stereocenters. The third kappa shape index (κ3) is 4.95. The van der Waals surface area contributed by atoms with Crippen molar-refractivity contribution in [2.75, 3.05) is 0 Å². The summed E-state index contributed by atoms with van der Waals surface area (Å²) >= 11 is 0. The van der Waals surface area contributed by atoms with Crippen molar-refractivity contribution in [3.8, 4) is 11.3 Å². The van der Waals surface area contributed by atoms with Crippen molar-refractivity contribution in [1.82, 2.24) is 4.98 Å². The van der Waals surface area contributed by atoms with Crippen LogP contribution in [0.4, 0.5) is 0 Å². The number of aryl methyl sites for hydroxylation is 1. The molecule has 39 heavy (non-hydrogen) atoms. The van der Waals surface area contributed by atoms with E-state index in [2.05, 4.69) is 84.0 Å². The molecule has 3 aromatic carbocycles. The minimum absolute atomic E-state index is 0. The summed E-state index contributed by atoms with van der Waals surface area (Å²) in [4.78, 5) is 15.2. The second-order valence-electron chi connectivity index (χ2n) is 11.9. The Morgan fingerprint density at radius 2 is 1.74 bits per heavy atom. The van der Waals surface area contributed by atoms with Gasteiger partial charge in [0.2, 0.25) is 0 Å². The van der Waals surface area contributed by atoms with Crippen LogP contribution >= 0.6 is 0 Å². The smallest absolute Gasteiger partial charge is 0.155 e. The number of hydrogen-bond donors (Lipinski definition) is 1. The molecule has 0 amide bonds. The third-order valence-electron chi connectivity index (χ3n) is 7.35. The van der Waals surface area contributed by atoms with Crippen molar-refractivity contribution in [3.63, 3.8) is 0 Å². The van der Waals surface area contributed by atoms with Crippen molar-refractivity contribution < 1.29 is 34.4 Å². The van der Waals surface area contributed by atoms with Crippen LogP contribution in [0.25, 0.3) is 44.1 Å². The predicted molar refractivity (Wildman–Crippen MR) is 156 cm³/mol. The molecule has 2 aromatic heterocycles. The SMILES string of the molecule is CC(=O)/C=C(/C)O.Cc1ccc2nc3c(cc2c1)C(C)(C)c1ccc(C(C)(C)C)c2oc4cc[c-]c-3c4c12.[Ir]. The van der Waals surface area contributed by atoms with Crippen LogP contribution in [-0.4, -0.2) is 15.9 Å². The molecule has 0 bridgehead atoms. The molecule has 5 aromatic rings. The molecule has 1 aliphatic rings. The number of ketones is 1. The number of aliphatic hydroxyl groups excluding tert-OH is 1. The monoisotopic (exact) mass is 697 g/mol. The van der Waals surface area contributed by atoms with E-state index in [1.165, 1.54) is 52.9 Å². The first-order valence-corrected chi connectivity index (χ1v) is 13.0. The Kier molecular flexibility index (Phi) is 7.40. The van der Waals surface area contributed by atoms with Crippen LogP contribution in [-0.2, 0) is 35.7 Å². The van der Waals surface area contributed by atoms with Gasteiger partial charge in [-0.1, -0.05) is 81.5 Å². The minimum atomic E-state index is -0.224. The average molecular weight is 697 g/mol. The number of carbonyl (C=O) groups excluding carboxylic acids is 1. The number of carbonyl (C=O) groups is 1. The fourth-order valence-electron chi connectivity index (χ4n) is 5.56. The van der Waals surface area contributed by atoms with E-state index in [1.54, 1.807) is 0 Å². The fraction of sp³-hybridized carbons (Fsp3) is 0.294. The summed E-state index contributed by atoms with van der Waals surface area (Å²) in [5.41, 5.74) is 9.80. The zero-order valence-corrected chi connectivity index (χ0v) is 26.1. The van der Waals surface area contributed by atoms with Crippen molar-refractivity contribution in [1.29, 1.82) is 0 Å². The van der Waals surface area contributed by atoms with Gasteiger partial charge in [0.25, 0.3) is 0 Å². The number of allylic oxidation sites excluding steroid dienone is 2. The van der Waals surface area contributed by atoms with Gasteiger partial charge in [-0.2, -0.15) is 0 Å². The van der Waals surface area contributed by atoms with E-state index in [9.17, 15) is 4.79 Å². The maximum Gasteiger partial charge on any atom is 0.155 e. The number of pyridine rings is 1. The molecule has 0 aliphatic heterocycles. The van der Waals surface area contributed by atoms with E-state index in [1.807, 2.05) is 12.1 Å². The maximum absolute atomic E-state index is 10.0. The van der Waals surface area contributed by atoms with E-state index < -0.39 is 0 Å². The third-order valence-corrected chi connectivity index (χ3v) is 7.35. The molecule has 1 N–H and O–H groups in total. The number of aromatic nitrogens is 1. The van der Waals surface area contributed by atoms with Gasteiger partial charge in [0.1, 0.15) is 5.58 Å². The molecular formula is C34H34IrNO3-. The van der Waals surface area contributed by atoms with Crippen molar-refractivity contribution in [3.05, 3.63) is 88.7 Å². The molecule has 6 rings (SSSR count). The van der Waals surface area contributed by atoms with Crippen LogP contribution in [0.15, 0.2) is 64.8 Å². The summed E-state index contributed by atoms with van der Waals surface area (Å²) in [6.45, 7) is 16.3. The Hall–Kier alpha value is -3.27. The first-order chi connectivity index (χ1) is 17.8. The molecule has 0 saturated heterocycles. The van der Waals surface area contributed by atoms with Crippen molar-refractivity contribution >= 4 is 38.6 Å². The van der Waals surface area contributed by atoms with Crippen LogP contribution in [0.1, 0.15) is 70.7 Å². The molecule has 1 radical (unpaired) electrons. The second-order valence-corrected chi connectivity index (χ2v) is 11.9. The Labute approximate surface area is 243 Å². The maximum atomic E-state index is 10.0. The van der Waals surface area contributed by atoms with Gasteiger partial charge in [-0.05, 0) is 65.9 Å². The molecule has 203 valence electrons. The van der Waals surface area contributed by atoms with Crippen LogP contribution in [0.2, 0.25) is 0 Å². The summed E-state index contributed by atoms with van der Waals surface area (Å²) in [6, 6.07) is 20.9. The number of rotatable bonds is 1. The Bertz CT molecular complexity index is 1780. The number of benzene rings is 3. The molecule has 4 nitrogen and oxygen atoms in total. The summed E-state index contributed by atoms with van der Waals surface area (Å²) in [5.74, 6) is -0.0625. The first-order valence-electron chi connectivity index (χ1n) is 13.0. The molecule has 0 saturated carbocycles. The number of aliphatic hydroxyl groups is 1. The second kappa shape index (κ2) is 10.0. The van der Waals surface area contributed by atoms with Crippen molar-refractivity contribution in [2.24, 2.45) is 0 Å².